The molecule has 0 saturated heterocycles. The Morgan fingerprint density at radius 2 is 0.405 bits per heavy atom. The average molecular weight is 694 g/mol. The summed E-state index contributed by atoms with van der Waals surface area (Å²) in [4.78, 5) is 7.75. The van der Waals surface area contributed by atoms with Crippen molar-refractivity contribution in [2.45, 2.75) is 0 Å². The molecule has 1 nitrogen and oxygen atoms in total. The summed E-state index contributed by atoms with van der Waals surface area (Å²) < 4.78 is 0. The second kappa shape index (κ2) is 19.8. The molecule has 0 saturated carbocycles. The van der Waals surface area contributed by atoms with Gasteiger partial charge in [-0.05, 0) is 72.8 Å². The Morgan fingerprint density at radius 3 is 0.524 bits per heavy atom. The summed E-state index contributed by atoms with van der Waals surface area (Å²) in [7, 11) is -1.75. The van der Waals surface area contributed by atoms with Crippen LogP contribution in [0.15, 0.2) is 182 Å². The van der Waals surface area contributed by atoms with Crippen LogP contribution < -0.4 is 44.2 Å². The number of carbonyl (C=O) groups excluding carboxylic acids is 1. The van der Waals surface area contributed by atoms with Gasteiger partial charge in [0.2, 0.25) is 0 Å². The van der Waals surface area contributed by atoms with Gasteiger partial charge >= 0.3 is 19.5 Å². The predicted octanol–water partition coefficient (Wildman–Crippen LogP) is 3.08. The molecule has 0 aromatic heterocycles. The van der Waals surface area contributed by atoms with Crippen molar-refractivity contribution < 1.29 is 36.7 Å². The van der Waals surface area contributed by atoms with Crippen molar-refractivity contribution in [1.82, 2.24) is 0 Å². The molecule has 0 bridgehead atoms. The number of hydrogen-bond donors (Lipinski definition) is 0. The van der Waals surface area contributed by atoms with Crippen LogP contribution in [0.2, 0.25) is 0 Å². The molecular weight excluding hydrogens is 661 g/mol. The fourth-order valence-electron chi connectivity index (χ4n) is 4.63. The van der Waals surface area contributed by atoms with Gasteiger partial charge in [-0.1, -0.05) is 109 Å². The van der Waals surface area contributed by atoms with E-state index < -0.39 is 15.8 Å². The fourth-order valence-corrected chi connectivity index (χ4v) is 9.78. The van der Waals surface area contributed by atoms with Gasteiger partial charge in [-0.15, -0.1) is 0 Å². The summed E-state index contributed by atoms with van der Waals surface area (Å²) in [5, 5.41) is 8.61. The number of rotatable bonds is 6. The van der Waals surface area contributed by atoms with Gasteiger partial charge in [0.1, 0.15) is 31.8 Å². The van der Waals surface area contributed by atoms with Gasteiger partial charge in [0.05, 0.1) is 15.8 Å². The van der Waals surface area contributed by atoms with Crippen LogP contribution in [0.3, 0.4) is 0 Å². The Kier molecular flexibility index (Phi) is 16.5. The van der Waals surface area contributed by atoms with Gasteiger partial charge in [0.15, 0.2) is 0 Å². The van der Waals surface area contributed by atoms with Crippen molar-refractivity contribution in [2.75, 3.05) is 0 Å². The van der Waals surface area contributed by atoms with E-state index in [2.05, 4.69) is 189 Å². The molecule has 0 atom stereocenters. The first-order valence-electron chi connectivity index (χ1n) is 13.2. The van der Waals surface area contributed by atoms with Crippen molar-refractivity contribution in [2.24, 2.45) is 0 Å². The third-order valence-electron chi connectivity index (χ3n) is 6.37. The Hall–Kier alpha value is -3.24. The van der Waals surface area contributed by atoms with E-state index in [1.807, 2.05) is 0 Å². The Labute approximate surface area is 271 Å². The first-order valence-corrected chi connectivity index (χ1v) is 16.2. The molecule has 0 spiro atoms. The average Bonchev–Trinajstić information content (AvgIpc) is 3.06. The van der Waals surface area contributed by atoms with Crippen LogP contribution in [0, 0.1) is 0 Å². The predicted molar refractivity (Wildman–Crippen MR) is 180 cm³/mol. The zero-order chi connectivity index (χ0) is 27.8. The quantitative estimate of drug-likeness (QED) is 0.114. The molecule has 0 fully saturated rings. The van der Waals surface area contributed by atoms with E-state index in [1.165, 1.54) is 31.8 Å². The van der Waals surface area contributed by atoms with Crippen LogP contribution in [0.1, 0.15) is 0 Å². The molecule has 5 heteroatoms. The summed E-state index contributed by atoms with van der Waals surface area (Å²) >= 11 is 0. The minimum atomic E-state index is -0.877. The third kappa shape index (κ3) is 9.94. The van der Waals surface area contributed by atoms with Gasteiger partial charge in [-0.25, -0.2) is 0 Å². The molecule has 6 aromatic rings. The standard InChI is InChI=1S/2C18H15P.CHO.ClH.Rh/c2*1-4-10-16(11-5-1)19(17-12-6-2-7-13-17)18-14-8-3-9-15-18;1-2;;/h2*1-15H;1H;1H;/q;;-1;;+2/p+1. The van der Waals surface area contributed by atoms with Crippen molar-refractivity contribution in [3.63, 3.8) is 0 Å². The van der Waals surface area contributed by atoms with Gasteiger partial charge in [-0.2, -0.15) is 0 Å². The van der Waals surface area contributed by atoms with Crippen LogP contribution in [0.4, 0.5) is 0 Å². The van der Waals surface area contributed by atoms with Crippen LogP contribution >= 0.6 is 15.8 Å². The monoisotopic (exact) mass is 693 g/mol. The van der Waals surface area contributed by atoms with Crippen LogP contribution in [0.5, 0.6) is 0 Å². The van der Waals surface area contributed by atoms with E-state index in [1.54, 1.807) is 0 Å². The summed E-state index contributed by atoms with van der Waals surface area (Å²) in [6.07, 6.45) is 0. The molecule has 0 amide bonds. The second-order valence-corrected chi connectivity index (χ2v) is 13.9. The van der Waals surface area contributed by atoms with E-state index in [0.29, 0.717) is 0 Å². The maximum atomic E-state index is 7.75. The maximum absolute atomic E-state index is 7.75. The molecule has 0 N–H and O–H groups in total. The van der Waals surface area contributed by atoms with Gasteiger partial charge in [-0.3, -0.25) is 6.79 Å². The fraction of sp³-hybridized carbons (Fsp3) is 0. The molecule has 0 aliphatic rings. The first kappa shape index (κ1) is 35.0. The number of halogens is 1. The molecule has 42 heavy (non-hydrogen) atoms. The van der Waals surface area contributed by atoms with E-state index in [9.17, 15) is 0 Å². The minimum absolute atomic E-state index is 0. The van der Waals surface area contributed by atoms with Gasteiger partial charge in [0.25, 0.3) is 0 Å². The largest absolute Gasteiger partial charge is 2.00 e. The summed E-state index contributed by atoms with van der Waals surface area (Å²) in [5.74, 6) is 0. The van der Waals surface area contributed by atoms with Gasteiger partial charge < -0.3 is 17.2 Å². The van der Waals surface area contributed by atoms with E-state index in [4.69, 9.17) is 4.79 Å². The molecular formula is C37H33ClOP2Rh+2. The molecule has 0 aliphatic carbocycles. The molecule has 6 aromatic carbocycles. The van der Waals surface area contributed by atoms with E-state index in [0.717, 1.165) is 0 Å². The smallest absolute Gasteiger partial charge is 1.00 e. The van der Waals surface area contributed by atoms with Crippen LogP contribution in [0.25, 0.3) is 0 Å². The third-order valence-corrected chi connectivity index (χ3v) is 11.8. The van der Waals surface area contributed by atoms with Gasteiger partial charge in [0, 0.05) is 0 Å². The molecule has 0 heterocycles. The molecule has 0 aliphatic heterocycles. The van der Waals surface area contributed by atoms with Crippen molar-refractivity contribution in [3.8, 4) is 0 Å². The topological polar surface area (TPSA) is 17.1 Å². The second-order valence-electron chi connectivity index (χ2n) is 8.95. The molecule has 211 valence electrons. The summed E-state index contributed by atoms with van der Waals surface area (Å²) in [6.45, 7) is 3.25. The molecule has 6 rings (SSSR count). The number of benzene rings is 6. The zero-order valence-corrected chi connectivity index (χ0v) is 27.4. The van der Waals surface area contributed by atoms with Crippen molar-refractivity contribution >= 4 is 54.5 Å². The van der Waals surface area contributed by atoms with Crippen LogP contribution in [-0.2, 0) is 24.3 Å². The minimum Gasteiger partial charge on any atom is -1.00 e. The summed E-state index contributed by atoms with van der Waals surface area (Å²) in [5.41, 5.74) is 0. The maximum Gasteiger partial charge on any atom is 2.00 e. The molecule has 0 unspecified atom stereocenters. The first-order chi connectivity index (χ1) is 19.9. The SMILES string of the molecule is [CH-]=O.[Cl-].[Rh+2].c1ccc([PH+](c2ccccc2)c2ccccc2)cc1.c1ccc([PH+](c2ccccc2)c2ccccc2)cc1. The van der Waals surface area contributed by atoms with Crippen LogP contribution in [-0.4, -0.2) is 6.79 Å². The Morgan fingerprint density at radius 1 is 0.286 bits per heavy atom. The normalized spacial score (nSPS) is 9.67. The van der Waals surface area contributed by atoms with Crippen molar-refractivity contribution in [1.29, 1.82) is 0 Å². The molecule has 1 radical (unpaired) electrons. The van der Waals surface area contributed by atoms with E-state index in [-0.39, 0.29) is 31.9 Å². The Balaban J connectivity index is 0.000000265. The van der Waals surface area contributed by atoms with E-state index >= 15 is 0 Å². The Bertz CT molecular complexity index is 1200. The van der Waals surface area contributed by atoms with Crippen molar-refractivity contribution in [3.05, 3.63) is 182 Å². The summed E-state index contributed by atoms with van der Waals surface area (Å²) in [6, 6.07) is 65.0. The number of hydrogen-bond acceptors (Lipinski definition) is 1. The zero-order valence-electron chi connectivity index (χ0n) is 23.0.